The van der Waals surface area contributed by atoms with Gasteiger partial charge in [-0.15, -0.1) is 0 Å². The van der Waals surface area contributed by atoms with Crippen molar-refractivity contribution in [3.05, 3.63) is 100 Å². The molecule has 0 radical (unpaired) electrons. The summed E-state index contributed by atoms with van der Waals surface area (Å²) in [5.41, 5.74) is 8.97. The first kappa shape index (κ1) is 33.4. The van der Waals surface area contributed by atoms with E-state index in [0.29, 0.717) is 87.6 Å². The Morgan fingerprint density at radius 2 is 1.16 bits per heavy atom. The van der Waals surface area contributed by atoms with Crippen LogP contribution in [0.2, 0.25) is 5.02 Å². The fourth-order valence-corrected chi connectivity index (χ4v) is 4.15. The average Bonchev–Trinajstić information content (AvgIpc) is 3.07. The largest absolute Gasteiger partial charge is 0.497 e. The van der Waals surface area contributed by atoms with Gasteiger partial charge in [-0.1, -0.05) is 48.0 Å². The van der Waals surface area contributed by atoms with Gasteiger partial charge in [0.15, 0.2) is 0 Å². The van der Waals surface area contributed by atoms with Gasteiger partial charge in [0.25, 0.3) is 5.91 Å². The molecule has 0 spiro atoms. The van der Waals surface area contributed by atoms with E-state index in [4.69, 9.17) is 31.5 Å². The maximum atomic E-state index is 12.5. The molecule has 1 aromatic heterocycles. The molecule has 45 heavy (non-hydrogen) atoms. The molecule has 0 unspecified atom stereocenters. The highest BCUT2D eigenvalue weighted by Gasteiger charge is 2.09. The number of carbonyl (C=O) groups excluding carboxylic acids is 1. The van der Waals surface area contributed by atoms with Crippen LogP contribution in [0.4, 0.5) is 17.8 Å². The molecule has 4 aromatic rings. The molecule has 0 saturated heterocycles. The number of halogens is 1. The molecule has 13 heteroatoms. The van der Waals surface area contributed by atoms with Crippen LogP contribution in [-0.4, -0.2) is 67.5 Å². The maximum absolute atomic E-state index is 12.5. The molecule has 0 saturated carbocycles. The second kappa shape index (κ2) is 18.3. The first-order chi connectivity index (χ1) is 22.0. The number of benzene rings is 3. The number of methoxy groups -OCH3 is 1. The highest BCUT2D eigenvalue weighted by atomic mass is 35.5. The quantitative estimate of drug-likeness (QED) is 0.0946. The predicted molar refractivity (Wildman–Crippen MR) is 176 cm³/mol. The molecule has 0 bridgehead atoms. The topological polar surface area (TPSA) is 158 Å². The van der Waals surface area contributed by atoms with Gasteiger partial charge in [0.2, 0.25) is 17.8 Å². The number of rotatable bonds is 19. The Labute approximate surface area is 268 Å². The Kier molecular flexibility index (Phi) is 13.6. The van der Waals surface area contributed by atoms with Crippen molar-refractivity contribution in [3.63, 3.8) is 0 Å². The van der Waals surface area contributed by atoms with E-state index in [-0.39, 0.29) is 5.91 Å². The minimum atomic E-state index is -0.168. The molecular weight excluding hydrogens is 596 g/mol. The van der Waals surface area contributed by atoms with E-state index < -0.39 is 0 Å². The van der Waals surface area contributed by atoms with Crippen LogP contribution < -0.4 is 31.7 Å². The highest BCUT2D eigenvalue weighted by Crippen LogP contribution is 2.16. The van der Waals surface area contributed by atoms with E-state index >= 15 is 0 Å². The molecule has 0 fully saturated rings. The Balaban J connectivity index is 1.32. The van der Waals surface area contributed by atoms with Crippen molar-refractivity contribution in [2.75, 3.05) is 62.6 Å². The van der Waals surface area contributed by atoms with E-state index in [1.54, 1.807) is 19.2 Å². The Morgan fingerprint density at radius 1 is 0.689 bits per heavy atom. The van der Waals surface area contributed by atoms with E-state index in [1.165, 1.54) is 0 Å². The molecule has 12 nitrogen and oxygen atoms in total. The summed E-state index contributed by atoms with van der Waals surface area (Å²) < 4.78 is 15.9. The zero-order valence-corrected chi connectivity index (χ0v) is 26.0. The fourth-order valence-electron chi connectivity index (χ4n) is 4.02. The van der Waals surface area contributed by atoms with Crippen LogP contribution in [-0.2, 0) is 29.1 Å². The van der Waals surface area contributed by atoms with Crippen molar-refractivity contribution >= 4 is 35.4 Å². The van der Waals surface area contributed by atoms with Gasteiger partial charge in [-0.3, -0.25) is 4.79 Å². The molecule has 238 valence electrons. The van der Waals surface area contributed by atoms with Crippen molar-refractivity contribution < 1.29 is 19.0 Å². The van der Waals surface area contributed by atoms with Crippen LogP contribution in [0.25, 0.3) is 0 Å². The zero-order chi connectivity index (χ0) is 31.7. The third-order valence-corrected chi connectivity index (χ3v) is 6.69. The summed E-state index contributed by atoms with van der Waals surface area (Å²) in [6, 6.07) is 22.7. The summed E-state index contributed by atoms with van der Waals surface area (Å²) in [6.07, 6.45) is 0. The standard InChI is InChI=1S/C32H39ClN8O4/c1-43-28-12-6-25(7-13-28)22-38-32-40-30(39-31(41-32)37-21-24-4-10-27(33)11-5-24)36-20-23-2-8-26(9-3-23)29(42)35-15-17-45-19-18-44-16-14-34/h2-13H,14-22,34H2,1H3,(H,35,42)(H3,36,37,38,39,40,41). The normalized spacial score (nSPS) is 10.7. The number of carbonyl (C=O) groups is 1. The maximum Gasteiger partial charge on any atom is 0.251 e. The van der Waals surface area contributed by atoms with Gasteiger partial charge in [0, 0.05) is 43.3 Å². The van der Waals surface area contributed by atoms with Gasteiger partial charge in [0.05, 0.1) is 33.5 Å². The second-order valence-corrected chi connectivity index (χ2v) is 10.2. The van der Waals surface area contributed by atoms with Crippen LogP contribution in [0.5, 0.6) is 5.75 Å². The molecule has 4 rings (SSSR count). The van der Waals surface area contributed by atoms with Gasteiger partial charge < -0.3 is 41.2 Å². The van der Waals surface area contributed by atoms with Gasteiger partial charge in [0.1, 0.15) is 5.75 Å². The molecular formula is C32H39ClN8O4. The minimum absolute atomic E-state index is 0.168. The van der Waals surface area contributed by atoms with Crippen molar-refractivity contribution in [1.82, 2.24) is 20.3 Å². The second-order valence-electron chi connectivity index (χ2n) is 9.81. The SMILES string of the molecule is COc1ccc(CNc2nc(NCc3ccc(Cl)cc3)nc(NCc3ccc(C(=O)NCCOCCOCCN)cc3)n2)cc1. The first-order valence-electron chi connectivity index (χ1n) is 14.6. The molecule has 0 aliphatic carbocycles. The van der Waals surface area contributed by atoms with Gasteiger partial charge in [-0.2, -0.15) is 15.0 Å². The van der Waals surface area contributed by atoms with Crippen LogP contribution in [0.1, 0.15) is 27.0 Å². The fraction of sp³-hybridized carbons (Fsp3) is 0.312. The molecule has 0 aliphatic rings. The van der Waals surface area contributed by atoms with Crippen LogP contribution in [0.15, 0.2) is 72.8 Å². The van der Waals surface area contributed by atoms with Gasteiger partial charge in [-0.25, -0.2) is 0 Å². The predicted octanol–water partition coefficient (Wildman–Crippen LogP) is 4.09. The van der Waals surface area contributed by atoms with Crippen molar-refractivity contribution in [2.45, 2.75) is 19.6 Å². The number of anilines is 3. The van der Waals surface area contributed by atoms with Crippen LogP contribution in [0.3, 0.4) is 0 Å². The Bertz CT molecular complexity index is 1460. The van der Waals surface area contributed by atoms with E-state index in [1.807, 2.05) is 60.7 Å². The van der Waals surface area contributed by atoms with E-state index in [2.05, 4.69) is 36.2 Å². The van der Waals surface area contributed by atoms with Gasteiger partial charge in [-0.05, 0) is 53.1 Å². The smallest absolute Gasteiger partial charge is 0.251 e. The zero-order valence-electron chi connectivity index (χ0n) is 25.2. The lowest BCUT2D eigenvalue weighted by Gasteiger charge is -2.12. The first-order valence-corrected chi connectivity index (χ1v) is 15.0. The summed E-state index contributed by atoms with van der Waals surface area (Å²) in [7, 11) is 1.64. The lowest BCUT2D eigenvalue weighted by atomic mass is 10.1. The molecule has 3 aromatic carbocycles. The summed E-state index contributed by atoms with van der Waals surface area (Å²) in [5, 5.41) is 13.3. The highest BCUT2D eigenvalue weighted by molar-refractivity contribution is 6.30. The monoisotopic (exact) mass is 634 g/mol. The van der Waals surface area contributed by atoms with Crippen molar-refractivity contribution in [1.29, 1.82) is 0 Å². The number of amides is 1. The Morgan fingerprint density at radius 3 is 1.64 bits per heavy atom. The van der Waals surface area contributed by atoms with Crippen molar-refractivity contribution in [2.24, 2.45) is 5.73 Å². The van der Waals surface area contributed by atoms with Crippen LogP contribution >= 0.6 is 11.6 Å². The van der Waals surface area contributed by atoms with E-state index in [9.17, 15) is 4.79 Å². The summed E-state index contributed by atoms with van der Waals surface area (Å²) in [4.78, 5) is 26.2. The summed E-state index contributed by atoms with van der Waals surface area (Å²) >= 11 is 6.02. The average molecular weight is 635 g/mol. The lowest BCUT2D eigenvalue weighted by molar-refractivity contribution is 0.0511. The number of aromatic nitrogens is 3. The molecule has 1 heterocycles. The third kappa shape index (κ3) is 11.8. The van der Waals surface area contributed by atoms with Crippen LogP contribution in [0, 0.1) is 0 Å². The third-order valence-electron chi connectivity index (χ3n) is 6.44. The Hall–Kier alpha value is -4.49. The van der Waals surface area contributed by atoms with Crippen molar-refractivity contribution in [3.8, 4) is 5.75 Å². The number of nitrogens with one attached hydrogen (secondary N) is 4. The van der Waals surface area contributed by atoms with Gasteiger partial charge >= 0.3 is 0 Å². The minimum Gasteiger partial charge on any atom is -0.497 e. The summed E-state index contributed by atoms with van der Waals surface area (Å²) in [6.45, 7) is 4.21. The van der Waals surface area contributed by atoms with E-state index in [0.717, 1.165) is 22.4 Å². The lowest BCUT2D eigenvalue weighted by Crippen LogP contribution is -2.27. The summed E-state index contributed by atoms with van der Waals surface area (Å²) in [5.74, 6) is 1.85. The number of hydrogen-bond acceptors (Lipinski definition) is 11. The number of nitrogens with zero attached hydrogens (tertiary/aromatic N) is 3. The molecule has 1 amide bonds. The number of nitrogens with two attached hydrogens (primary N) is 1. The molecule has 6 N–H and O–H groups in total. The molecule has 0 aliphatic heterocycles. The number of hydrogen-bond donors (Lipinski definition) is 5. The number of ether oxygens (including phenoxy) is 3. The molecule has 0 atom stereocenters.